The van der Waals surface area contributed by atoms with Crippen molar-refractivity contribution in [3.8, 4) is 0 Å². The van der Waals surface area contributed by atoms with E-state index in [4.69, 9.17) is 8.83 Å². The Bertz CT molecular complexity index is 1310. The first-order valence-electron chi connectivity index (χ1n) is 9.48. The molecule has 5 heteroatoms. The van der Waals surface area contributed by atoms with Gasteiger partial charge in [0.2, 0.25) is 0 Å². The summed E-state index contributed by atoms with van der Waals surface area (Å²) < 4.78 is 11.7. The number of nitrogens with one attached hydrogen (secondary N) is 1. The van der Waals surface area contributed by atoms with Gasteiger partial charge in [-0.1, -0.05) is 24.3 Å². The number of nitrogens with zero attached hydrogens (tertiary/aromatic N) is 1. The second-order valence-corrected chi connectivity index (χ2v) is 7.35. The number of rotatable bonds is 3. The number of amides is 1. The highest BCUT2D eigenvalue weighted by Gasteiger charge is 2.18. The summed E-state index contributed by atoms with van der Waals surface area (Å²) in [5.74, 6) is 0.00712. The van der Waals surface area contributed by atoms with Crippen LogP contribution in [0.15, 0.2) is 68.8 Å². The topological polar surface area (TPSA) is 58.6 Å². The van der Waals surface area contributed by atoms with Crippen LogP contribution in [0.2, 0.25) is 0 Å². The van der Waals surface area contributed by atoms with Crippen molar-refractivity contribution in [3.63, 3.8) is 0 Å². The van der Waals surface area contributed by atoms with Gasteiger partial charge in [-0.2, -0.15) is 0 Å². The predicted molar refractivity (Wildman–Crippen MR) is 113 cm³/mol. The average Bonchev–Trinajstić information content (AvgIpc) is 3.23. The Balaban J connectivity index is 1.47. The Morgan fingerprint density at radius 2 is 1.93 bits per heavy atom. The monoisotopic (exact) mass is 384 g/mol. The normalized spacial score (nSPS) is 14.7. The highest BCUT2D eigenvalue weighted by atomic mass is 16.3. The summed E-state index contributed by atoms with van der Waals surface area (Å²) >= 11 is 0. The molecule has 2 aromatic heterocycles. The minimum absolute atomic E-state index is 0.279. The minimum atomic E-state index is -0.279. The maximum atomic E-state index is 12.7. The van der Waals surface area contributed by atoms with E-state index in [1.54, 1.807) is 6.07 Å². The number of fused-ring (bicyclic) bond motifs is 4. The first kappa shape index (κ1) is 17.4. The number of hydrogen-bond donors (Lipinski definition) is 1. The van der Waals surface area contributed by atoms with Crippen LogP contribution in [0, 0.1) is 0 Å². The fourth-order valence-corrected chi connectivity index (χ4v) is 3.64. The molecule has 1 amide bonds. The van der Waals surface area contributed by atoms with Gasteiger partial charge in [0, 0.05) is 48.4 Å². The van der Waals surface area contributed by atoms with Gasteiger partial charge in [-0.25, -0.2) is 0 Å². The number of hydrogen-bond acceptors (Lipinski definition) is 4. The zero-order chi connectivity index (χ0) is 20.0. The van der Waals surface area contributed by atoms with E-state index in [0.717, 1.165) is 33.8 Å². The third-order valence-corrected chi connectivity index (χ3v) is 5.20. The first-order chi connectivity index (χ1) is 14.1. The van der Waals surface area contributed by atoms with E-state index in [-0.39, 0.29) is 11.7 Å². The lowest BCUT2D eigenvalue weighted by Gasteiger charge is -2.18. The summed E-state index contributed by atoms with van der Waals surface area (Å²) in [6.07, 6.45) is 12.5. The van der Waals surface area contributed by atoms with E-state index in [9.17, 15) is 4.79 Å². The smallest absolute Gasteiger partial charge is 0.291 e. The summed E-state index contributed by atoms with van der Waals surface area (Å²) in [6, 6.07) is 9.33. The van der Waals surface area contributed by atoms with Gasteiger partial charge < -0.3 is 19.1 Å². The molecule has 0 spiro atoms. The molecule has 2 aliphatic carbocycles. The molecule has 29 heavy (non-hydrogen) atoms. The van der Waals surface area contributed by atoms with Crippen LogP contribution < -0.4 is 16.1 Å². The zero-order valence-corrected chi connectivity index (χ0v) is 16.2. The van der Waals surface area contributed by atoms with Gasteiger partial charge in [0.15, 0.2) is 5.76 Å². The lowest BCUT2D eigenvalue weighted by Crippen LogP contribution is -2.22. The van der Waals surface area contributed by atoms with Gasteiger partial charge in [-0.05, 0) is 42.5 Å². The molecule has 5 rings (SSSR count). The molecule has 0 radical (unpaired) electrons. The van der Waals surface area contributed by atoms with Gasteiger partial charge in [-0.3, -0.25) is 4.79 Å². The molecule has 1 N–H and O–H groups in total. The van der Waals surface area contributed by atoms with Crippen molar-refractivity contribution in [1.82, 2.24) is 10.2 Å². The van der Waals surface area contributed by atoms with Crippen molar-refractivity contribution in [3.05, 3.63) is 87.7 Å². The van der Waals surface area contributed by atoms with E-state index < -0.39 is 0 Å². The predicted octanol–water partition coefficient (Wildman–Crippen LogP) is 2.93. The van der Waals surface area contributed by atoms with Crippen LogP contribution in [0.5, 0.6) is 0 Å². The van der Waals surface area contributed by atoms with Crippen LogP contribution in [0.25, 0.3) is 29.2 Å². The molecular weight excluding hydrogens is 364 g/mol. The van der Waals surface area contributed by atoms with E-state index in [1.165, 1.54) is 5.70 Å². The van der Waals surface area contributed by atoms with Gasteiger partial charge in [-0.15, -0.1) is 0 Å². The van der Waals surface area contributed by atoms with E-state index in [2.05, 4.69) is 16.3 Å². The molecule has 3 aromatic rings. The summed E-state index contributed by atoms with van der Waals surface area (Å²) in [6.45, 7) is 0. The molecule has 0 saturated heterocycles. The zero-order valence-electron chi connectivity index (χ0n) is 16.2. The van der Waals surface area contributed by atoms with E-state index in [1.807, 2.05) is 68.7 Å². The van der Waals surface area contributed by atoms with Crippen LogP contribution in [0.4, 0.5) is 0 Å². The van der Waals surface area contributed by atoms with Gasteiger partial charge in [0.1, 0.15) is 16.4 Å². The quantitative estimate of drug-likeness (QED) is 0.754. The third kappa shape index (κ3) is 3.10. The minimum Gasteiger partial charge on any atom is -0.456 e. The molecule has 0 fully saturated rings. The number of furan rings is 2. The Hall–Kier alpha value is -3.73. The Labute approximate surface area is 167 Å². The number of likely N-dealkylation sites (N-methyl/N-ethyl adjacent to an activating group) is 1. The molecule has 0 saturated carbocycles. The maximum absolute atomic E-state index is 12.7. The third-order valence-electron chi connectivity index (χ3n) is 5.20. The lowest BCUT2D eigenvalue weighted by atomic mass is 10.0. The van der Waals surface area contributed by atoms with Crippen molar-refractivity contribution in [1.29, 1.82) is 0 Å². The van der Waals surface area contributed by atoms with Crippen molar-refractivity contribution in [2.75, 3.05) is 14.1 Å². The molecular formula is C24H20N2O3. The van der Waals surface area contributed by atoms with E-state index in [0.29, 0.717) is 11.3 Å². The largest absolute Gasteiger partial charge is 0.456 e. The molecule has 2 aliphatic rings. The molecule has 0 aliphatic heterocycles. The summed E-state index contributed by atoms with van der Waals surface area (Å²) in [5.41, 5.74) is 6.38. The average molecular weight is 384 g/mol. The number of carbonyl (C=O) groups is 1. The van der Waals surface area contributed by atoms with Crippen LogP contribution in [0.3, 0.4) is 0 Å². The van der Waals surface area contributed by atoms with E-state index >= 15 is 0 Å². The highest BCUT2D eigenvalue weighted by molar-refractivity contribution is 5.97. The molecule has 0 atom stereocenters. The molecule has 144 valence electrons. The summed E-state index contributed by atoms with van der Waals surface area (Å²) in [4.78, 5) is 14.8. The lowest BCUT2D eigenvalue weighted by molar-refractivity contribution is 0.0942. The fourth-order valence-electron chi connectivity index (χ4n) is 3.64. The number of para-hydroxylation sites is 1. The molecule has 1 aromatic carbocycles. The molecule has 2 heterocycles. The fraction of sp³-hybridized carbons (Fsp3) is 0.125. The van der Waals surface area contributed by atoms with Crippen molar-refractivity contribution in [2.45, 2.75) is 6.42 Å². The SMILES string of the molecule is CN(C)C1=CC=c2oc3c(c2C1)C=C(NC(=O)c1cc2ccccc2o1)C=CC=3. The maximum Gasteiger partial charge on any atom is 0.291 e. The second kappa shape index (κ2) is 6.71. The first-order valence-corrected chi connectivity index (χ1v) is 9.48. The van der Waals surface area contributed by atoms with Gasteiger partial charge in [0.05, 0.1) is 0 Å². The Kier molecular flexibility index (Phi) is 4.02. The van der Waals surface area contributed by atoms with Crippen LogP contribution in [-0.4, -0.2) is 24.9 Å². The summed E-state index contributed by atoms with van der Waals surface area (Å²) in [5, 5.41) is 3.86. The summed E-state index contributed by atoms with van der Waals surface area (Å²) in [7, 11) is 4.07. The van der Waals surface area contributed by atoms with Crippen molar-refractivity contribution >= 4 is 35.1 Å². The van der Waals surface area contributed by atoms with Crippen LogP contribution in [0.1, 0.15) is 21.7 Å². The molecule has 5 nitrogen and oxygen atoms in total. The van der Waals surface area contributed by atoms with Gasteiger partial charge >= 0.3 is 0 Å². The number of benzene rings is 1. The Morgan fingerprint density at radius 3 is 2.76 bits per heavy atom. The van der Waals surface area contributed by atoms with Crippen molar-refractivity contribution < 1.29 is 13.6 Å². The van der Waals surface area contributed by atoms with Crippen molar-refractivity contribution in [2.24, 2.45) is 0 Å². The van der Waals surface area contributed by atoms with Crippen LogP contribution in [-0.2, 0) is 6.42 Å². The second-order valence-electron chi connectivity index (χ2n) is 7.35. The van der Waals surface area contributed by atoms with Gasteiger partial charge in [0.25, 0.3) is 5.91 Å². The molecule has 0 unspecified atom stereocenters. The Morgan fingerprint density at radius 1 is 1.07 bits per heavy atom. The number of allylic oxidation sites excluding steroid dienone is 4. The molecule has 0 bridgehead atoms. The highest BCUT2D eigenvalue weighted by Crippen LogP contribution is 2.20. The number of carbonyl (C=O) groups excluding carboxylic acids is 1. The van der Waals surface area contributed by atoms with Crippen LogP contribution >= 0.6 is 0 Å². The standard InChI is InChI=1S/C24H20N2O3/c1-26(2)17-10-11-22-19(14-17)18-13-16(7-5-9-21(18)29-22)25-24(27)23-12-15-6-3-4-8-20(15)28-23/h3-13H,14H2,1-2H3,(H,25,27).